The van der Waals surface area contributed by atoms with E-state index >= 15 is 0 Å². The van der Waals surface area contributed by atoms with E-state index < -0.39 is 0 Å². The largest absolute Gasteiger partial charge is 0.356 e. The van der Waals surface area contributed by atoms with Crippen molar-refractivity contribution in [2.45, 2.75) is 44.9 Å². The summed E-state index contributed by atoms with van der Waals surface area (Å²) in [6.45, 7) is 2.03. The highest BCUT2D eigenvalue weighted by Gasteiger charge is 2.42. The van der Waals surface area contributed by atoms with E-state index in [1.165, 1.54) is 5.56 Å². The Hall–Kier alpha value is -1.84. The highest BCUT2D eigenvalue weighted by atomic mass is 127. The van der Waals surface area contributed by atoms with Crippen molar-refractivity contribution < 1.29 is 9.59 Å². The lowest BCUT2D eigenvalue weighted by Gasteiger charge is -2.31. The average molecular weight is 541 g/mol. The molecule has 7 nitrogen and oxygen atoms in total. The fraction of sp³-hybridized carbons (Fsp3) is 0.609. The zero-order valence-electron chi connectivity index (χ0n) is 18.9. The minimum atomic E-state index is -0.333. The third-order valence-electron chi connectivity index (χ3n) is 6.29. The first kappa shape index (κ1) is 25.4. The Morgan fingerprint density at radius 1 is 1.16 bits per heavy atom. The first-order valence-corrected chi connectivity index (χ1v) is 11.0. The number of carbonyl (C=O) groups is 2. The molecule has 172 valence electrons. The van der Waals surface area contributed by atoms with Gasteiger partial charge in [-0.25, -0.2) is 0 Å². The number of benzene rings is 1. The standard InChI is InChI=1S/C23H35N5O2.HI/c1-24-22(26-17-23(13-6-7-14-23)21(30)27(2)3)25-15-8-11-20(29)28-16-12-18-9-4-5-10-19(18)28;/h4-5,9-10H,6-8,11-17H2,1-3H3,(H2,24,25,26);1H. The number of guanidine groups is 1. The summed E-state index contributed by atoms with van der Waals surface area (Å²) in [7, 11) is 5.38. The van der Waals surface area contributed by atoms with Crippen molar-refractivity contribution in [3.05, 3.63) is 29.8 Å². The lowest BCUT2D eigenvalue weighted by atomic mass is 9.84. The van der Waals surface area contributed by atoms with Crippen LogP contribution in [-0.4, -0.2) is 63.5 Å². The number of halogens is 1. The van der Waals surface area contributed by atoms with Crippen LogP contribution in [0.3, 0.4) is 0 Å². The Labute approximate surface area is 203 Å². The molecule has 0 spiro atoms. The first-order chi connectivity index (χ1) is 14.5. The van der Waals surface area contributed by atoms with Gasteiger partial charge in [-0.1, -0.05) is 31.0 Å². The monoisotopic (exact) mass is 541 g/mol. The topological polar surface area (TPSA) is 77.0 Å². The predicted molar refractivity (Wildman–Crippen MR) is 136 cm³/mol. The molecule has 1 aliphatic carbocycles. The molecule has 2 amide bonds. The summed E-state index contributed by atoms with van der Waals surface area (Å²) in [5.74, 6) is 1.05. The number of rotatable bonds is 7. The Bertz CT molecular complexity index is 790. The Balaban J connectivity index is 0.00000341. The van der Waals surface area contributed by atoms with Gasteiger partial charge in [0.15, 0.2) is 5.96 Å². The molecule has 1 aromatic carbocycles. The van der Waals surface area contributed by atoms with E-state index in [9.17, 15) is 9.59 Å². The van der Waals surface area contributed by atoms with E-state index in [-0.39, 0.29) is 41.2 Å². The molecular formula is C23H36IN5O2. The second-order valence-electron chi connectivity index (χ2n) is 8.57. The summed E-state index contributed by atoms with van der Waals surface area (Å²) in [4.78, 5) is 33.2. The lowest BCUT2D eigenvalue weighted by Crippen LogP contribution is -2.49. The van der Waals surface area contributed by atoms with E-state index in [4.69, 9.17) is 0 Å². The molecule has 1 saturated carbocycles. The predicted octanol–water partition coefficient (Wildman–Crippen LogP) is 2.79. The highest BCUT2D eigenvalue weighted by Crippen LogP contribution is 2.38. The maximum absolute atomic E-state index is 12.7. The summed E-state index contributed by atoms with van der Waals surface area (Å²) < 4.78 is 0. The van der Waals surface area contributed by atoms with Crippen LogP contribution in [-0.2, 0) is 16.0 Å². The minimum absolute atomic E-state index is 0. The van der Waals surface area contributed by atoms with Crippen LogP contribution in [0.25, 0.3) is 0 Å². The van der Waals surface area contributed by atoms with Crippen molar-refractivity contribution in [2.75, 3.05) is 45.7 Å². The van der Waals surface area contributed by atoms with Crippen molar-refractivity contribution in [2.24, 2.45) is 10.4 Å². The van der Waals surface area contributed by atoms with Crippen molar-refractivity contribution in [3.63, 3.8) is 0 Å². The van der Waals surface area contributed by atoms with Gasteiger partial charge in [0.1, 0.15) is 0 Å². The van der Waals surface area contributed by atoms with E-state index in [1.54, 1.807) is 11.9 Å². The summed E-state index contributed by atoms with van der Waals surface area (Å²) in [6, 6.07) is 8.13. The Morgan fingerprint density at radius 2 is 1.87 bits per heavy atom. The molecule has 0 saturated heterocycles. The smallest absolute Gasteiger partial charge is 0.230 e. The summed E-state index contributed by atoms with van der Waals surface area (Å²) >= 11 is 0. The number of nitrogens with zero attached hydrogens (tertiary/aromatic N) is 3. The summed E-state index contributed by atoms with van der Waals surface area (Å²) in [5.41, 5.74) is 1.97. The molecule has 0 unspecified atom stereocenters. The fourth-order valence-electron chi connectivity index (χ4n) is 4.64. The van der Waals surface area contributed by atoms with Gasteiger partial charge in [0.25, 0.3) is 0 Å². The maximum atomic E-state index is 12.7. The maximum Gasteiger partial charge on any atom is 0.230 e. The van der Waals surface area contributed by atoms with E-state index in [0.717, 1.165) is 50.8 Å². The molecule has 2 aliphatic rings. The van der Waals surface area contributed by atoms with E-state index in [0.29, 0.717) is 25.5 Å². The molecule has 1 heterocycles. The second-order valence-corrected chi connectivity index (χ2v) is 8.57. The normalized spacial score (nSPS) is 17.0. The van der Waals surface area contributed by atoms with Gasteiger partial charge in [0, 0.05) is 52.9 Å². The van der Waals surface area contributed by atoms with Gasteiger partial charge in [-0.3, -0.25) is 14.6 Å². The minimum Gasteiger partial charge on any atom is -0.356 e. The molecule has 31 heavy (non-hydrogen) atoms. The van der Waals surface area contributed by atoms with Gasteiger partial charge in [0.2, 0.25) is 11.8 Å². The molecule has 2 N–H and O–H groups in total. The quantitative estimate of drug-likeness (QED) is 0.241. The van der Waals surface area contributed by atoms with Crippen molar-refractivity contribution >= 4 is 47.4 Å². The van der Waals surface area contributed by atoms with Gasteiger partial charge >= 0.3 is 0 Å². The average Bonchev–Trinajstić information content (AvgIpc) is 3.40. The molecule has 0 atom stereocenters. The number of carbonyl (C=O) groups excluding carboxylic acids is 2. The number of nitrogens with one attached hydrogen (secondary N) is 2. The van der Waals surface area contributed by atoms with E-state index in [1.807, 2.05) is 37.2 Å². The number of anilines is 1. The third-order valence-corrected chi connectivity index (χ3v) is 6.29. The van der Waals surface area contributed by atoms with Crippen LogP contribution in [0.5, 0.6) is 0 Å². The number of hydrogen-bond donors (Lipinski definition) is 2. The number of hydrogen-bond acceptors (Lipinski definition) is 3. The van der Waals surface area contributed by atoms with Gasteiger partial charge < -0.3 is 20.4 Å². The molecule has 1 aromatic rings. The fourth-order valence-corrected chi connectivity index (χ4v) is 4.64. The van der Waals surface area contributed by atoms with Gasteiger partial charge in [-0.2, -0.15) is 0 Å². The van der Waals surface area contributed by atoms with E-state index in [2.05, 4.69) is 21.7 Å². The van der Waals surface area contributed by atoms with Crippen molar-refractivity contribution in [1.29, 1.82) is 0 Å². The van der Waals surface area contributed by atoms with Crippen LogP contribution in [0.4, 0.5) is 5.69 Å². The molecule has 8 heteroatoms. The highest BCUT2D eigenvalue weighted by molar-refractivity contribution is 14.0. The Morgan fingerprint density at radius 3 is 2.55 bits per heavy atom. The molecule has 3 rings (SSSR count). The zero-order valence-corrected chi connectivity index (χ0v) is 21.3. The number of para-hydroxylation sites is 1. The van der Waals surface area contributed by atoms with Crippen LogP contribution in [0.2, 0.25) is 0 Å². The lowest BCUT2D eigenvalue weighted by molar-refractivity contribution is -0.138. The van der Waals surface area contributed by atoms with Crippen LogP contribution in [0.1, 0.15) is 44.1 Å². The SMILES string of the molecule is CN=C(NCCCC(=O)N1CCc2ccccc21)NCC1(C(=O)N(C)C)CCCC1.I. The Kier molecular flexibility index (Phi) is 9.58. The zero-order chi connectivity index (χ0) is 21.6. The first-order valence-electron chi connectivity index (χ1n) is 11.0. The summed E-state index contributed by atoms with van der Waals surface area (Å²) in [5, 5.41) is 6.63. The molecule has 0 bridgehead atoms. The molecule has 0 radical (unpaired) electrons. The molecule has 1 fully saturated rings. The second kappa shape index (κ2) is 11.7. The summed E-state index contributed by atoms with van der Waals surface area (Å²) in [6.07, 6.45) is 6.19. The van der Waals surface area contributed by atoms with Gasteiger partial charge in [0.05, 0.1) is 5.41 Å². The number of aliphatic imine (C=N–C) groups is 1. The third kappa shape index (κ3) is 6.11. The molecule has 1 aliphatic heterocycles. The number of amides is 2. The van der Waals surface area contributed by atoms with Crippen molar-refractivity contribution in [3.8, 4) is 0 Å². The van der Waals surface area contributed by atoms with Crippen molar-refractivity contribution in [1.82, 2.24) is 15.5 Å². The number of fused-ring (bicyclic) bond motifs is 1. The molecular weight excluding hydrogens is 505 g/mol. The van der Waals surface area contributed by atoms with Gasteiger partial charge in [-0.15, -0.1) is 24.0 Å². The van der Waals surface area contributed by atoms with Crippen LogP contribution < -0.4 is 15.5 Å². The van der Waals surface area contributed by atoms with Crippen LogP contribution >= 0.6 is 24.0 Å². The molecule has 0 aromatic heterocycles. The van der Waals surface area contributed by atoms with Gasteiger partial charge in [-0.05, 0) is 37.3 Å². The van der Waals surface area contributed by atoms with Crippen LogP contribution in [0, 0.1) is 5.41 Å². The van der Waals surface area contributed by atoms with Crippen LogP contribution in [0.15, 0.2) is 29.3 Å².